The molecule has 7 heteroatoms. The fourth-order valence-electron chi connectivity index (χ4n) is 1.28. The van der Waals surface area contributed by atoms with Crippen LogP contribution in [-0.4, -0.2) is 17.4 Å². The summed E-state index contributed by atoms with van der Waals surface area (Å²) in [6.45, 7) is 1.80. The Kier molecular flexibility index (Phi) is 5.35. The first-order valence-electron chi connectivity index (χ1n) is 5.44. The molecule has 0 atom stereocenters. The second kappa shape index (κ2) is 6.56. The molecule has 0 aliphatic carbocycles. The van der Waals surface area contributed by atoms with E-state index in [1.807, 2.05) is 0 Å². The van der Waals surface area contributed by atoms with Gasteiger partial charge in [0.2, 0.25) is 5.91 Å². The summed E-state index contributed by atoms with van der Waals surface area (Å²) in [4.78, 5) is 14.1. The third kappa shape index (κ3) is 5.30. The highest BCUT2D eigenvalue weighted by Gasteiger charge is 2.31. The molecule has 0 bridgehead atoms. The fraction of sp³-hybridized carbons (Fsp3) is 0.333. The molecule has 0 unspecified atom stereocenters. The molecule has 0 saturated heterocycles. The maximum Gasteiger partial charge on any atom is 0.417 e. The minimum atomic E-state index is -4.45. The van der Waals surface area contributed by atoms with Gasteiger partial charge in [0.15, 0.2) is 0 Å². The molecule has 0 radical (unpaired) electrons. The standard InChI is InChI=1S/C12H12ClF3N2O/c1-8(19)17-5-3-2-4-9-6-10(12(14,15)16)7-18-11(9)13/h2,4,6-7H,3,5H2,1H3,(H,17,19). The Morgan fingerprint density at radius 3 is 2.79 bits per heavy atom. The molecular weight excluding hydrogens is 281 g/mol. The lowest BCUT2D eigenvalue weighted by molar-refractivity contribution is -0.137. The molecule has 0 aliphatic rings. The summed E-state index contributed by atoms with van der Waals surface area (Å²) < 4.78 is 37.4. The zero-order valence-corrected chi connectivity index (χ0v) is 10.8. The SMILES string of the molecule is CC(=O)NCCC=Cc1cc(C(F)(F)F)cnc1Cl. The van der Waals surface area contributed by atoms with Gasteiger partial charge in [-0.15, -0.1) is 0 Å². The number of carbonyl (C=O) groups excluding carboxylic acids is 1. The molecule has 0 aromatic carbocycles. The minimum Gasteiger partial charge on any atom is -0.356 e. The number of rotatable bonds is 4. The third-order valence-electron chi connectivity index (χ3n) is 2.18. The van der Waals surface area contributed by atoms with Gasteiger partial charge in [-0.05, 0) is 12.5 Å². The van der Waals surface area contributed by atoms with Crippen molar-refractivity contribution in [3.05, 3.63) is 34.6 Å². The Morgan fingerprint density at radius 2 is 2.21 bits per heavy atom. The van der Waals surface area contributed by atoms with E-state index in [0.717, 1.165) is 6.07 Å². The van der Waals surface area contributed by atoms with Crippen LogP contribution >= 0.6 is 11.6 Å². The molecule has 0 aliphatic heterocycles. The highest BCUT2D eigenvalue weighted by molar-refractivity contribution is 6.30. The van der Waals surface area contributed by atoms with Crippen molar-refractivity contribution in [1.29, 1.82) is 0 Å². The average Bonchev–Trinajstić information content (AvgIpc) is 2.29. The number of hydrogen-bond acceptors (Lipinski definition) is 2. The predicted octanol–water partition coefficient (Wildman–Crippen LogP) is 3.29. The lowest BCUT2D eigenvalue weighted by Crippen LogP contribution is -2.20. The smallest absolute Gasteiger partial charge is 0.356 e. The Hall–Kier alpha value is -1.56. The highest BCUT2D eigenvalue weighted by Crippen LogP contribution is 2.30. The van der Waals surface area contributed by atoms with Gasteiger partial charge >= 0.3 is 6.18 Å². The number of halogens is 4. The van der Waals surface area contributed by atoms with Gasteiger partial charge in [-0.1, -0.05) is 23.8 Å². The van der Waals surface area contributed by atoms with Crippen LogP contribution in [0.3, 0.4) is 0 Å². The summed E-state index contributed by atoms with van der Waals surface area (Å²) in [5.74, 6) is -0.160. The predicted molar refractivity (Wildman–Crippen MR) is 66.6 cm³/mol. The van der Waals surface area contributed by atoms with Gasteiger partial charge in [0, 0.05) is 25.2 Å². The van der Waals surface area contributed by atoms with E-state index in [-0.39, 0.29) is 16.6 Å². The van der Waals surface area contributed by atoms with Crippen LogP contribution in [0.2, 0.25) is 5.15 Å². The van der Waals surface area contributed by atoms with E-state index in [1.165, 1.54) is 13.0 Å². The quantitative estimate of drug-likeness (QED) is 0.683. The van der Waals surface area contributed by atoms with Crippen molar-refractivity contribution in [2.45, 2.75) is 19.5 Å². The molecule has 1 heterocycles. The molecule has 0 saturated carbocycles. The number of carbonyl (C=O) groups is 1. The van der Waals surface area contributed by atoms with Crippen LogP contribution in [0.1, 0.15) is 24.5 Å². The topological polar surface area (TPSA) is 42.0 Å². The zero-order valence-electron chi connectivity index (χ0n) is 10.1. The van der Waals surface area contributed by atoms with Crippen molar-refractivity contribution in [2.24, 2.45) is 0 Å². The van der Waals surface area contributed by atoms with E-state index >= 15 is 0 Å². The summed E-state index contributed by atoms with van der Waals surface area (Å²) in [7, 11) is 0. The maximum atomic E-state index is 12.5. The number of hydrogen-bond donors (Lipinski definition) is 1. The number of amides is 1. The molecule has 19 heavy (non-hydrogen) atoms. The lowest BCUT2D eigenvalue weighted by Gasteiger charge is -2.07. The van der Waals surface area contributed by atoms with Crippen LogP contribution in [0.15, 0.2) is 18.3 Å². The number of nitrogens with zero attached hydrogens (tertiary/aromatic N) is 1. The van der Waals surface area contributed by atoms with E-state index < -0.39 is 11.7 Å². The molecule has 104 valence electrons. The first kappa shape index (κ1) is 15.5. The minimum absolute atomic E-state index is 0.00350. The molecule has 0 spiro atoms. The van der Waals surface area contributed by atoms with Gasteiger partial charge in [-0.2, -0.15) is 13.2 Å². The normalized spacial score (nSPS) is 11.8. The molecule has 1 rings (SSSR count). The molecule has 1 amide bonds. The van der Waals surface area contributed by atoms with Crippen LogP contribution in [0.5, 0.6) is 0 Å². The first-order chi connectivity index (χ1) is 8.80. The molecule has 1 aromatic rings. The monoisotopic (exact) mass is 292 g/mol. The van der Waals surface area contributed by atoms with E-state index in [0.29, 0.717) is 19.2 Å². The van der Waals surface area contributed by atoms with Crippen molar-refractivity contribution in [2.75, 3.05) is 6.54 Å². The fourth-order valence-corrected chi connectivity index (χ4v) is 1.45. The highest BCUT2D eigenvalue weighted by atomic mass is 35.5. The summed E-state index contributed by atoms with van der Waals surface area (Å²) in [6.07, 6.45) is -0.190. The molecule has 1 N–H and O–H groups in total. The lowest BCUT2D eigenvalue weighted by atomic mass is 10.2. The molecule has 0 fully saturated rings. The molecular formula is C12H12ClF3N2O. The number of aromatic nitrogens is 1. The Bertz CT molecular complexity index is 486. The number of nitrogens with one attached hydrogen (secondary N) is 1. The Balaban J connectivity index is 2.72. The number of alkyl halides is 3. The molecule has 1 aromatic heterocycles. The number of pyridine rings is 1. The van der Waals surface area contributed by atoms with Crippen molar-refractivity contribution in [3.8, 4) is 0 Å². The first-order valence-corrected chi connectivity index (χ1v) is 5.82. The maximum absolute atomic E-state index is 12.5. The van der Waals surface area contributed by atoms with E-state index in [1.54, 1.807) is 6.08 Å². The third-order valence-corrected chi connectivity index (χ3v) is 2.49. The van der Waals surface area contributed by atoms with E-state index in [4.69, 9.17) is 11.6 Å². The van der Waals surface area contributed by atoms with Crippen LogP contribution in [0.4, 0.5) is 13.2 Å². The van der Waals surface area contributed by atoms with Crippen molar-refractivity contribution in [1.82, 2.24) is 10.3 Å². The second-order valence-electron chi connectivity index (χ2n) is 3.78. The average molecular weight is 293 g/mol. The van der Waals surface area contributed by atoms with Crippen LogP contribution in [0.25, 0.3) is 6.08 Å². The van der Waals surface area contributed by atoms with Crippen molar-refractivity contribution in [3.63, 3.8) is 0 Å². The summed E-state index contributed by atoms with van der Waals surface area (Å²) in [6, 6.07) is 0.935. The van der Waals surface area contributed by atoms with Gasteiger partial charge < -0.3 is 5.32 Å². The van der Waals surface area contributed by atoms with Gasteiger partial charge in [-0.25, -0.2) is 4.98 Å². The van der Waals surface area contributed by atoms with E-state index in [9.17, 15) is 18.0 Å². The van der Waals surface area contributed by atoms with Gasteiger partial charge in [-0.3, -0.25) is 4.79 Å². The Labute approximate surface area is 113 Å². The van der Waals surface area contributed by atoms with Crippen molar-refractivity contribution >= 4 is 23.6 Å². The Morgan fingerprint density at radius 1 is 1.53 bits per heavy atom. The summed E-state index contributed by atoms with van der Waals surface area (Å²) in [5, 5.41) is 2.57. The summed E-state index contributed by atoms with van der Waals surface area (Å²) >= 11 is 5.71. The van der Waals surface area contributed by atoms with Crippen LogP contribution in [-0.2, 0) is 11.0 Å². The van der Waals surface area contributed by atoms with Crippen molar-refractivity contribution < 1.29 is 18.0 Å². The van der Waals surface area contributed by atoms with Gasteiger partial charge in [0.05, 0.1) is 5.56 Å². The van der Waals surface area contributed by atoms with Gasteiger partial charge in [0.25, 0.3) is 0 Å². The second-order valence-corrected chi connectivity index (χ2v) is 4.13. The van der Waals surface area contributed by atoms with Crippen LogP contribution < -0.4 is 5.32 Å². The molecule has 3 nitrogen and oxygen atoms in total. The zero-order chi connectivity index (χ0) is 14.5. The summed E-state index contributed by atoms with van der Waals surface area (Å²) in [5.41, 5.74) is -0.655. The van der Waals surface area contributed by atoms with E-state index in [2.05, 4.69) is 10.3 Å². The van der Waals surface area contributed by atoms with Crippen LogP contribution in [0, 0.1) is 0 Å². The largest absolute Gasteiger partial charge is 0.417 e. The van der Waals surface area contributed by atoms with Gasteiger partial charge in [0.1, 0.15) is 5.15 Å².